The van der Waals surface area contributed by atoms with Crippen molar-refractivity contribution in [2.75, 3.05) is 10.6 Å². The number of benzene rings is 2. The molecule has 1 aliphatic heterocycles. The third-order valence-electron chi connectivity index (χ3n) is 4.15. The average molecular weight is 355 g/mol. The number of nitrogens with one attached hydrogen (secondary N) is 3. The fourth-order valence-corrected chi connectivity index (χ4v) is 2.88. The number of amides is 2. The Bertz CT molecular complexity index is 1120. The van der Waals surface area contributed by atoms with Crippen molar-refractivity contribution in [2.45, 2.75) is 0 Å². The first-order chi connectivity index (χ1) is 13.2. The van der Waals surface area contributed by atoms with Crippen LogP contribution in [0.2, 0.25) is 0 Å². The summed E-state index contributed by atoms with van der Waals surface area (Å²) in [5.41, 5.74) is 2.89. The highest BCUT2D eigenvalue weighted by atomic mass is 16.2. The highest BCUT2D eigenvalue weighted by Gasteiger charge is 2.25. The lowest BCUT2D eigenvalue weighted by atomic mass is 10.0. The van der Waals surface area contributed by atoms with Crippen molar-refractivity contribution in [2.24, 2.45) is 0 Å². The van der Waals surface area contributed by atoms with Crippen molar-refractivity contribution >= 4 is 34.8 Å². The van der Waals surface area contributed by atoms with E-state index in [2.05, 4.69) is 20.6 Å². The van der Waals surface area contributed by atoms with Crippen molar-refractivity contribution in [1.29, 1.82) is 5.26 Å². The van der Waals surface area contributed by atoms with E-state index in [1.54, 1.807) is 60.9 Å². The van der Waals surface area contributed by atoms with Crippen LogP contribution in [0.3, 0.4) is 0 Å². The highest BCUT2D eigenvalue weighted by molar-refractivity contribution is 6.35. The third-order valence-corrected chi connectivity index (χ3v) is 4.15. The van der Waals surface area contributed by atoms with Gasteiger partial charge in [-0.25, -0.2) is 4.98 Å². The van der Waals surface area contributed by atoms with Gasteiger partial charge in [-0.3, -0.25) is 9.59 Å². The third kappa shape index (κ3) is 3.07. The molecule has 0 saturated carbocycles. The van der Waals surface area contributed by atoms with E-state index in [4.69, 9.17) is 5.26 Å². The van der Waals surface area contributed by atoms with Gasteiger partial charge in [-0.05, 0) is 36.4 Å². The van der Waals surface area contributed by atoms with Gasteiger partial charge in [0, 0.05) is 29.3 Å². The molecule has 0 atom stereocenters. The molecule has 3 aromatic rings. The number of aromatic nitrogens is 2. The number of imidazole rings is 1. The zero-order chi connectivity index (χ0) is 18.8. The summed E-state index contributed by atoms with van der Waals surface area (Å²) < 4.78 is 0. The first-order valence-corrected chi connectivity index (χ1v) is 8.13. The topological polar surface area (TPSA) is 111 Å². The number of H-pyrrole nitrogens is 1. The van der Waals surface area contributed by atoms with Crippen LogP contribution in [0.4, 0.5) is 11.4 Å². The first-order valence-electron chi connectivity index (χ1n) is 8.13. The van der Waals surface area contributed by atoms with Crippen LogP contribution in [0.5, 0.6) is 0 Å². The molecule has 27 heavy (non-hydrogen) atoms. The maximum absolute atomic E-state index is 12.5. The maximum Gasteiger partial charge on any atom is 0.257 e. The molecule has 3 N–H and O–H groups in total. The molecule has 7 nitrogen and oxygen atoms in total. The number of aromatic amines is 1. The summed E-state index contributed by atoms with van der Waals surface area (Å²) in [5, 5.41) is 14.7. The molecule has 2 aromatic carbocycles. The second-order valence-electron chi connectivity index (χ2n) is 5.86. The largest absolute Gasteiger partial charge is 0.345 e. The molecule has 2 heterocycles. The molecule has 0 unspecified atom stereocenters. The summed E-state index contributed by atoms with van der Waals surface area (Å²) in [6.07, 6.45) is 4.92. The summed E-state index contributed by atoms with van der Waals surface area (Å²) in [6, 6.07) is 13.7. The quantitative estimate of drug-likeness (QED) is 0.627. The fraction of sp³-hybridized carbons (Fsp3) is 0. The lowest BCUT2D eigenvalue weighted by molar-refractivity contribution is -0.110. The van der Waals surface area contributed by atoms with Gasteiger partial charge in [-0.15, -0.1) is 0 Å². The molecular weight excluding hydrogens is 342 g/mol. The normalized spacial score (nSPS) is 13.7. The van der Waals surface area contributed by atoms with Crippen molar-refractivity contribution in [3.05, 3.63) is 77.4 Å². The van der Waals surface area contributed by atoms with Gasteiger partial charge < -0.3 is 15.6 Å². The molecule has 7 heteroatoms. The Labute approximate surface area is 154 Å². The van der Waals surface area contributed by atoms with Gasteiger partial charge in [0.05, 0.1) is 22.8 Å². The summed E-state index contributed by atoms with van der Waals surface area (Å²) in [4.78, 5) is 31.8. The fourth-order valence-electron chi connectivity index (χ4n) is 2.88. The van der Waals surface area contributed by atoms with Crippen molar-refractivity contribution < 1.29 is 9.59 Å². The van der Waals surface area contributed by atoms with Crippen LogP contribution in [-0.2, 0) is 4.79 Å². The molecule has 1 aromatic heterocycles. The summed E-state index contributed by atoms with van der Waals surface area (Å²) in [5.74, 6) is -0.0639. The molecule has 130 valence electrons. The van der Waals surface area contributed by atoms with Gasteiger partial charge in [-0.1, -0.05) is 12.1 Å². The standard InChI is InChI=1S/C20H13N5O2/c21-11-12-3-1-2-4-14(12)19(26)24-13-5-6-17-15(9-13)16(20(27)25-17)10-18-22-7-8-23-18/h1-10H,(H,22,23)(H,24,26)(H,25,27)/b16-10-. The van der Waals surface area contributed by atoms with E-state index in [-0.39, 0.29) is 11.8 Å². The van der Waals surface area contributed by atoms with E-state index < -0.39 is 0 Å². The average Bonchev–Trinajstić information content (AvgIpc) is 3.30. The van der Waals surface area contributed by atoms with E-state index in [1.807, 2.05) is 6.07 Å². The Morgan fingerprint density at radius 2 is 2.07 bits per heavy atom. The predicted octanol–water partition coefficient (Wildman–Crippen LogP) is 3.03. The number of nitrogens with zero attached hydrogens (tertiary/aromatic N) is 2. The summed E-state index contributed by atoms with van der Waals surface area (Å²) in [7, 11) is 0. The van der Waals surface area contributed by atoms with Gasteiger partial charge >= 0.3 is 0 Å². The van der Waals surface area contributed by atoms with Crippen LogP contribution in [0, 0.1) is 11.3 Å². The number of hydrogen-bond donors (Lipinski definition) is 3. The van der Waals surface area contributed by atoms with Crippen LogP contribution in [0.25, 0.3) is 11.6 Å². The first kappa shape index (κ1) is 16.3. The monoisotopic (exact) mass is 355 g/mol. The zero-order valence-electron chi connectivity index (χ0n) is 14.0. The molecule has 0 saturated heterocycles. The van der Waals surface area contributed by atoms with Gasteiger partial charge in [0.2, 0.25) is 0 Å². The van der Waals surface area contributed by atoms with Gasteiger partial charge in [0.25, 0.3) is 11.8 Å². The van der Waals surface area contributed by atoms with Crippen LogP contribution in [-0.4, -0.2) is 21.8 Å². The molecule has 4 rings (SSSR count). The second kappa shape index (κ2) is 6.61. The molecule has 0 spiro atoms. The van der Waals surface area contributed by atoms with Gasteiger partial charge in [0.15, 0.2) is 0 Å². The number of rotatable bonds is 3. The minimum absolute atomic E-state index is 0.236. The lowest BCUT2D eigenvalue weighted by Crippen LogP contribution is -2.13. The van der Waals surface area contributed by atoms with Gasteiger partial charge in [-0.2, -0.15) is 5.26 Å². The summed E-state index contributed by atoms with van der Waals surface area (Å²) >= 11 is 0. The van der Waals surface area contributed by atoms with E-state index in [9.17, 15) is 9.59 Å². The molecule has 1 aliphatic rings. The van der Waals surface area contributed by atoms with E-state index >= 15 is 0 Å². The minimum atomic E-state index is -0.388. The Morgan fingerprint density at radius 1 is 1.22 bits per heavy atom. The zero-order valence-corrected chi connectivity index (χ0v) is 14.0. The number of fused-ring (bicyclic) bond motifs is 1. The molecule has 0 fully saturated rings. The molecule has 0 bridgehead atoms. The highest BCUT2D eigenvalue weighted by Crippen LogP contribution is 2.34. The number of carbonyl (C=O) groups is 2. The van der Waals surface area contributed by atoms with Crippen LogP contribution < -0.4 is 10.6 Å². The van der Waals surface area contributed by atoms with Crippen molar-refractivity contribution in [3.63, 3.8) is 0 Å². The molecule has 0 radical (unpaired) electrons. The van der Waals surface area contributed by atoms with Crippen LogP contribution >= 0.6 is 0 Å². The second-order valence-corrected chi connectivity index (χ2v) is 5.86. The molecular formula is C20H13N5O2. The summed E-state index contributed by atoms with van der Waals surface area (Å²) in [6.45, 7) is 0. The molecule has 0 aliphatic carbocycles. The Balaban J connectivity index is 1.66. The Morgan fingerprint density at radius 3 is 2.85 bits per heavy atom. The van der Waals surface area contributed by atoms with E-state index in [0.717, 1.165) is 0 Å². The SMILES string of the molecule is N#Cc1ccccc1C(=O)Nc1ccc2c(c1)/C(=C/c1ncc[nH]1)C(=O)N2. The number of nitriles is 1. The smallest absolute Gasteiger partial charge is 0.257 e. The van der Waals surface area contributed by atoms with Crippen LogP contribution in [0.15, 0.2) is 54.9 Å². The number of hydrogen-bond acceptors (Lipinski definition) is 4. The number of carbonyl (C=O) groups excluding carboxylic acids is 2. The molecule has 2 amide bonds. The Hall–Kier alpha value is -4.18. The number of anilines is 2. The van der Waals surface area contributed by atoms with Crippen molar-refractivity contribution in [1.82, 2.24) is 9.97 Å². The van der Waals surface area contributed by atoms with E-state index in [0.29, 0.717) is 39.5 Å². The predicted molar refractivity (Wildman–Crippen MR) is 101 cm³/mol. The van der Waals surface area contributed by atoms with Crippen molar-refractivity contribution in [3.8, 4) is 6.07 Å². The van der Waals surface area contributed by atoms with Crippen LogP contribution in [0.1, 0.15) is 27.3 Å². The Kier molecular flexibility index (Phi) is 3.99. The maximum atomic E-state index is 12.5. The van der Waals surface area contributed by atoms with E-state index in [1.165, 1.54) is 0 Å². The minimum Gasteiger partial charge on any atom is -0.345 e. The lowest BCUT2D eigenvalue weighted by Gasteiger charge is -2.08. The van der Waals surface area contributed by atoms with Gasteiger partial charge in [0.1, 0.15) is 5.82 Å².